The van der Waals surface area contributed by atoms with Crippen LogP contribution in [0.1, 0.15) is 55.2 Å². The fraction of sp³-hybridized carbons (Fsp3) is 0.400. The zero-order chi connectivity index (χ0) is 17.4. The van der Waals surface area contributed by atoms with Crippen LogP contribution in [0.25, 0.3) is 17.3 Å². The summed E-state index contributed by atoms with van der Waals surface area (Å²) in [5.74, 6) is 1.84. The normalized spacial score (nSPS) is 15.6. The highest BCUT2D eigenvalue weighted by molar-refractivity contribution is 9.10. The first kappa shape index (κ1) is 16.6. The van der Waals surface area contributed by atoms with E-state index in [1.807, 2.05) is 12.1 Å². The van der Waals surface area contributed by atoms with Gasteiger partial charge in [-0.3, -0.25) is 0 Å². The van der Waals surface area contributed by atoms with Crippen molar-refractivity contribution in [3.8, 4) is 17.3 Å². The van der Waals surface area contributed by atoms with Crippen molar-refractivity contribution in [2.75, 3.05) is 0 Å². The Balaban J connectivity index is 1.77. The molecule has 0 amide bonds. The minimum absolute atomic E-state index is 0.422. The first-order chi connectivity index (χ1) is 12.1. The first-order valence-electron chi connectivity index (χ1n) is 8.92. The van der Waals surface area contributed by atoms with Gasteiger partial charge in [-0.15, -0.1) is 10.2 Å². The number of aryl methyl sites for hydroxylation is 2. The summed E-state index contributed by atoms with van der Waals surface area (Å²) in [5.41, 5.74) is 4.39. The van der Waals surface area contributed by atoms with Gasteiger partial charge in [0.05, 0.1) is 0 Å². The lowest BCUT2D eigenvalue weighted by Crippen LogP contribution is -2.04. The molecule has 4 rings (SSSR count). The van der Waals surface area contributed by atoms with E-state index in [4.69, 9.17) is 4.42 Å². The molecular weight excluding hydrogens is 378 g/mol. The van der Waals surface area contributed by atoms with Gasteiger partial charge < -0.3 is 8.98 Å². The number of halogens is 1. The van der Waals surface area contributed by atoms with Crippen LogP contribution < -0.4 is 0 Å². The molecule has 0 unspecified atom stereocenters. The van der Waals surface area contributed by atoms with Crippen LogP contribution in [0, 0.1) is 13.8 Å². The van der Waals surface area contributed by atoms with Crippen molar-refractivity contribution in [1.29, 1.82) is 0 Å². The molecule has 1 saturated carbocycles. The molecular formula is C20H22BrN3O. The molecule has 5 heteroatoms. The second kappa shape index (κ2) is 6.79. The smallest absolute Gasteiger partial charge is 0.264 e. The van der Waals surface area contributed by atoms with Crippen molar-refractivity contribution in [2.45, 2.75) is 51.9 Å². The van der Waals surface area contributed by atoms with Crippen molar-refractivity contribution in [1.82, 2.24) is 14.8 Å². The molecule has 0 atom stereocenters. The summed E-state index contributed by atoms with van der Waals surface area (Å²) in [4.78, 5) is 0. The molecule has 130 valence electrons. The summed E-state index contributed by atoms with van der Waals surface area (Å²) >= 11 is 3.56. The van der Waals surface area contributed by atoms with Crippen LogP contribution in [0.5, 0.6) is 0 Å². The van der Waals surface area contributed by atoms with Crippen molar-refractivity contribution < 1.29 is 4.42 Å². The fourth-order valence-electron chi connectivity index (χ4n) is 3.86. The highest BCUT2D eigenvalue weighted by atomic mass is 79.9. The van der Waals surface area contributed by atoms with Crippen molar-refractivity contribution in [3.63, 3.8) is 0 Å². The van der Waals surface area contributed by atoms with Gasteiger partial charge in [0, 0.05) is 21.8 Å². The standard InChI is InChI=1S/C20H22BrN3O/c1-13-11-14(2)24(17-10-6-9-16(21)12-17)18(13)20-23-22-19(25-20)15-7-4-3-5-8-15/h6,9-12,15H,3-5,7-8H2,1-2H3. The molecule has 1 aliphatic carbocycles. The van der Waals surface area contributed by atoms with Gasteiger partial charge >= 0.3 is 0 Å². The van der Waals surface area contributed by atoms with Crippen molar-refractivity contribution in [3.05, 3.63) is 52.0 Å². The Morgan fingerprint density at radius 1 is 1.08 bits per heavy atom. The molecule has 1 aliphatic rings. The van der Waals surface area contributed by atoms with Gasteiger partial charge in [-0.05, 0) is 56.5 Å². The molecule has 0 aliphatic heterocycles. The maximum absolute atomic E-state index is 6.14. The number of nitrogens with zero attached hydrogens (tertiary/aromatic N) is 3. The number of aromatic nitrogens is 3. The van der Waals surface area contributed by atoms with Gasteiger partial charge in [-0.25, -0.2) is 0 Å². The maximum atomic E-state index is 6.14. The van der Waals surface area contributed by atoms with Crippen molar-refractivity contribution >= 4 is 15.9 Å². The van der Waals surface area contributed by atoms with Crippen LogP contribution in [0.4, 0.5) is 0 Å². The van der Waals surface area contributed by atoms with E-state index in [1.54, 1.807) is 0 Å². The predicted molar refractivity (Wildman–Crippen MR) is 102 cm³/mol. The number of hydrogen-bond donors (Lipinski definition) is 0. The van der Waals surface area contributed by atoms with Crippen LogP contribution >= 0.6 is 15.9 Å². The Morgan fingerprint density at radius 3 is 2.64 bits per heavy atom. The lowest BCUT2D eigenvalue weighted by molar-refractivity contribution is 0.366. The van der Waals surface area contributed by atoms with Gasteiger partial charge in [0.2, 0.25) is 5.89 Å². The summed E-state index contributed by atoms with van der Waals surface area (Å²) in [5, 5.41) is 8.77. The lowest BCUT2D eigenvalue weighted by atomic mass is 9.89. The van der Waals surface area contributed by atoms with Gasteiger partial charge in [0.25, 0.3) is 5.89 Å². The average molecular weight is 400 g/mol. The molecule has 4 nitrogen and oxygen atoms in total. The van der Waals surface area contributed by atoms with E-state index in [9.17, 15) is 0 Å². The number of hydrogen-bond acceptors (Lipinski definition) is 3. The molecule has 0 spiro atoms. The highest BCUT2D eigenvalue weighted by Crippen LogP contribution is 2.35. The van der Waals surface area contributed by atoms with Crippen LogP contribution in [0.2, 0.25) is 0 Å². The Morgan fingerprint density at radius 2 is 1.88 bits per heavy atom. The minimum atomic E-state index is 0.422. The summed E-state index contributed by atoms with van der Waals surface area (Å²) in [6.45, 7) is 4.21. The van der Waals surface area contributed by atoms with E-state index in [1.165, 1.54) is 19.3 Å². The van der Waals surface area contributed by atoms with Gasteiger partial charge in [0.15, 0.2) is 0 Å². The second-order valence-electron chi connectivity index (χ2n) is 6.91. The molecule has 0 N–H and O–H groups in total. The van der Waals surface area contributed by atoms with Gasteiger partial charge in [-0.2, -0.15) is 0 Å². The summed E-state index contributed by atoms with van der Waals surface area (Å²) in [6, 6.07) is 10.4. The quantitative estimate of drug-likeness (QED) is 0.545. The van der Waals surface area contributed by atoms with Crippen LogP contribution in [0.15, 0.2) is 39.2 Å². The Labute approximate surface area is 156 Å². The van der Waals surface area contributed by atoms with E-state index in [-0.39, 0.29) is 0 Å². The molecule has 1 fully saturated rings. The first-order valence-corrected chi connectivity index (χ1v) is 9.71. The van der Waals surface area contributed by atoms with E-state index in [0.29, 0.717) is 11.8 Å². The highest BCUT2D eigenvalue weighted by Gasteiger charge is 2.24. The third-order valence-electron chi connectivity index (χ3n) is 5.04. The lowest BCUT2D eigenvalue weighted by Gasteiger charge is -2.17. The minimum Gasteiger partial charge on any atom is -0.419 e. The third kappa shape index (κ3) is 3.17. The Kier molecular flexibility index (Phi) is 4.50. The summed E-state index contributed by atoms with van der Waals surface area (Å²) in [7, 11) is 0. The average Bonchev–Trinajstić information content (AvgIpc) is 3.19. The van der Waals surface area contributed by atoms with E-state index < -0.39 is 0 Å². The SMILES string of the molecule is Cc1cc(C)n(-c2cccc(Br)c2)c1-c1nnc(C2CCCCC2)o1. The zero-order valence-corrected chi connectivity index (χ0v) is 16.2. The molecule has 0 bridgehead atoms. The van der Waals surface area contributed by atoms with E-state index in [2.05, 4.69) is 62.7 Å². The van der Waals surface area contributed by atoms with Gasteiger partial charge in [-0.1, -0.05) is 41.3 Å². The summed E-state index contributed by atoms with van der Waals surface area (Å²) < 4.78 is 9.38. The maximum Gasteiger partial charge on any atom is 0.264 e. The number of benzene rings is 1. The van der Waals surface area contributed by atoms with E-state index in [0.717, 1.165) is 45.8 Å². The zero-order valence-electron chi connectivity index (χ0n) is 14.6. The predicted octanol–water partition coefficient (Wildman–Crippen LogP) is 5.95. The third-order valence-corrected chi connectivity index (χ3v) is 5.53. The summed E-state index contributed by atoms with van der Waals surface area (Å²) in [6.07, 6.45) is 6.16. The topological polar surface area (TPSA) is 43.9 Å². The molecule has 3 aromatic rings. The Bertz CT molecular complexity index is 890. The molecule has 1 aromatic carbocycles. The van der Waals surface area contributed by atoms with Crippen molar-refractivity contribution in [2.24, 2.45) is 0 Å². The molecule has 2 heterocycles. The van der Waals surface area contributed by atoms with Crippen LogP contribution in [-0.4, -0.2) is 14.8 Å². The monoisotopic (exact) mass is 399 g/mol. The van der Waals surface area contributed by atoms with Crippen LogP contribution in [-0.2, 0) is 0 Å². The molecule has 2 aromatic heterocycles. The molecule has 25 heavy (non-hydrogen) atoms. The van der Waals surface area contributed by atoms with E-state index >= 15 is 0 Å². The Hall–Kier alpha value is -1.88. The van der Waals surface area contributed by atoms with Gasteiger partial charge in [0.1, 0.15) is 5.69 Å². The second-order valence-corrected chi connectivity index (χ2v) is 7.83. The number of rotatable bonds is 3. The van der Waals surface area contributed by atoms with Crippen LogP contribution in [0.3, 0.4) is 0 Å². The fourth-order valence-corrected chi connectivity index (χ4v) is 4.24. The molecule has 0 saturated heterocycles. The largest absolute Gasteiger partial charge is 0.419 e. The molecule has 0 radical (unpaired) electrons.